The van der Waals surface area contributed by atoms with Gasteiger partial charge in [0.1, 0.15) is 5.60 Å². The fourth-order valence-corrected chi connectivity index (χ4v) is 3.44. The Labute approximate surface area is 250 Å². The Morgan fingerprint density at radius 2 is 1.20 bits per heavy atom. The molecule has 0 aromatic heterocycles. The Morgan fingerprint density at radius 3 is 1.66 bits per heavy atom. The van der Waals surface area contributed by atoms with Crippen molar-refractivity contribution < 1.29 is 43.2 Å². The maximum Gasteiger partial charge on any atom is 0.410 e. The lowest BCUT2D eigenvalue weighted by Gasteiger charge is -2.24. The van der Waals surface area contributed by atoms with Gasteiger partial charge in [0.25, 0.3) is 17.3 Å². The van der Waals surface area contributed by atoms with Crippen LogP contribution >= 0.6 is 0 Å². The van der Waals surface area contributed by atoms with E-state index in [0.717, 1.165) is 30.3 Å². The van der Waals surface area contributed by atoms with Crippen molar-refractivity contribution >= 4 is 35.3 Å². The normalized spacial score (nSPS) is 10.7. The molecule has 0 saturated carbocycles. The van der Waals surface area contributed by atoms with Gasteiger partial charge in [0.2, 0.25) is 0 Å². The number of likely N-dealkylation sites (N-methyl/N-ethyl adjacent to an activating group) is 1. The van der Waals surface area contributed by atoms with Crippen LogP contribution in [0, 0.1) is 20.2 Å². The molecule has 3 aromatic carbocycles. The molecule has 15 nitrogen and oxygen atoms in total. The molecular formula is C29H28N4O11. The Morgan fingerprint density at radius 1 is 0.750 bits per heavy atom. The molecule has 0 radical (unpaired) electrons. The lowest BCUT2D eigenvalue weighted by molar-refractivity contribution is -0.385. The predicted molar refractivity (Wildman–Crippen MR) is 154 cm³/mol. The minimum Gasteiger partial charge on any atom is -0.444 e. The number of carbonyl (C=O) groups is 4. The molecule has 2 amide bonds. The second kappa shape index (κ2) is 13.9. The highest BCUT2D eigenvalue weighted by Crippen LogP contribution is 2.30. The number of hydrogen-bond acceptors (Lipinski definition) is 11. The molecule has 0 atom stereocenters. The van der Waals surface area contributed by atoms with Crippen molar-refractivity contribution in [3.8, 4) is 11.5 Å². The summed E-state index contributed by atoms with van der Waals surface area (Å²) in [5, 5.41) is 24.5. The van der Waals surface area contributed by atoms with Crippen molar-refractivity contribution in [3.05, 3.63) is 104 Å². The maximum atomic E-state index is 12.9. The predicted octanol–water partition coefficient (Wildman–Crippen LogP) is 4.54. The van der Waals surface area contributed by atoms with Crippen LogP contribution in [-0.2, 0) is 4.74 Å². The van der Waals surface area contributed by atoms with E-state index in [1.54, 1.807) is 20.8 Å². The fraction of sp³-hybridized carbons (Fsp3) is 0.241. The Bertz CT molecular complexity index is 1580. The van der Waals surface area contributed by atoms with Gasteiger partial charge in [-0.2, -0.15) is 0 Å². The summed E-state index contributed by atoms with van der Waals surface area (Å²) in [5.74, 6) is -3.10. The number of rotatable bonds is 10. The van der Waals surface area contributed by atoms with Crippen LogP contribution in [0.15, 0.2) is 66.7 Å². The summed E-state index contributed by atoms with van der Waals surface area (Å²) in [5.41, 5.74) is -1.29. The van der Waals surface area contributed by atoms with Crippen molar-refractivity contribution in [2.75, 3.05) is 20.1 Å². The summed E-state index contributed by atoms with van der Waals surface area (Å²) in [6, 6.07) is 12.8. The van der Waals surface area contributed by atoms with Crippen LogP contribution in [0.4, 0.5) is 16.2 Å². The van der Waals surface area contributed by atoms with Crippen LogP contribution in [0.2, 0.25) is 0 Å². The van der Waals surface area contributed by atoms with Gasteiger partial charge in [-0.05, 0) is 63.2 Å². The van der Waals surface area contributed by atoms with E-state index in [0.29, 0.717) is 0 Å². The highest BCUT2D eigenvalue weighted by molar-refractivity contribution is 5.97. The molecule has 3 rings (SSSR count). The summed E-state index contributed by atoms with van der Waals surface area (Å²) in [6.07, 6.45) is -0.577. The summed E-state index contributed by atoms with van der Waals surface area (Å²) in [7, 11) is 1.50. The third kappa shape index (κ3) is 9.07. The fourth-order valence-electron chi connectivity index (χ4n) is 3.44. The van der Waals surface area contributed by atoms with E-state index in [1.807, 2.05) is 0 Å². The van der Waals surface area contributed by atoms with Gasteiger partial charge in [0.05, 0.1) is 21.0 Å². The molecule has 0 bridgehead atoms. The molecule has 44 heavy (non-hydrogen) atoms. The number of carbonyl (C=O) groups excluding carboxylic acids is 4. The molecular weight excluding hydrogens is 580 g/mol. The zero-order chi connectivity index (χ0) is 32.6. The number of amides is 2. The van der Waals surface area contributed by atoms with Gasteiger partial charge in [-0.15, -0.1) is 0 Å². The Hall–Kier alpha value is -5.86. The van der Waals surface area contributed by atoms with Crippen LogP contribution in [0.5, 0.6) is 11.5 Å². The zero-order valence-corrected chi connectivity index (χ0v) is 24.1. The average Bonchev–Trinajstić information content (AvgIpc) is 2.96. The summed E-state index contributed by atoms with van der Waals surface area (Å²) >= 11 is 0. The lowest BCUT2D eigenvalue weighted by atomic mass is 10.1. The average molecular weight is 609 g/mol. The Kier molecular flexibility index (Phi) is 10.3. The van der Waals surface area contributed by atoms with Crippen LogP contribution in [0.25, 0.3) is 0 Å². The molecule has 0 aliphatic carbocycles. The monoisotopic (exact) mass is 608 g/mol. The van der Waals surface area contributed by atoms with Crippen molar-refractivity contribution in [3.63, 3.8) is 0 Å². The third-order valence-electron chi connectivity index (χ3n) is 5.68. The van der Waals surface area contributed by atoms with Crippen LogP contribution in [0.3, 0.4) is 0 Å². The third-order valence-corrected chi connectivity index (χ3v) is 5.68. The number of nitrogens with zero attached hydrogens (tertiary/aromatic N) is 3. The van der Waals surface area contributed by atoms with Gasteiger partial charge in [0.15, 0.2) is 11.5 Å². The minimum absolute atomic E-state index is 0.00607. The molecule has 0 heterocycles. The number of hydrogen-bond donors (Lipinski definition) is 1. The van der Waals surface area contributed by atoms with E-state index in [-0.39, 0.29) is 52.7 Å². The number of benzene rings is 3. The largest absolute Gasteiger partial charge is 0.444 e. The molecule has 0 aliphatic heterocycles. The first-order valence-electron chi connectivity index (χ1n) is 12.9. The van der Waals surface area contributed by atoms with Crippen LogP contribution in [0.1, 0.15) is 51.8 Å². The lowest BCUT2D eigenvalue weighted by Crippen LogP contribution is -2.39. The van der Waals surface area contributed by atoms with Gasteiger partial charge in [-0.1, -0.05) is 0 Å². The number of nitro groups is 2. The first-order chi connectivity index (χ1) is 20.6. The summed E-state index contributed by atoms with van der Waals surface area (Å²) in [6.45, 7) is 5.33. The molecule has 0 aliphatic rings. The van der Waals surface area contributed by atoms with Crippen molar-refractivity contribution in [1.82, 2.24) is 10.2 Å². The van der Waals surface area contributed by atoms with Gasteiger partial charge < -0.3 is 24.4 Å². The number of nitrogens with one attached hydrogen (secondary N) is 1. The number of nitro benzene ring substituents is 2. The summed E-state index contributed by atoms with van der Waals surface area (Å²) < 4.78 is 16.0. The number of non-ortho nitro benzene ring substituents is 2. The van der Waals surface area contributed by atoms with E-state index in [1.165, 1.54) is 48.3 Å². The van der Waals surface area contributed by atoms with E-state index >= 15 is 0 Å². The van der Waals surface area contributed by atoms with E-state index in [2.05, 4.69) is 5.32 Å². The van der Waals surface area contributed by atoms with E-state index in [9.17, 15) is 39.4 Å². The number of ether oxygens (including phenoxy) is 3. The molecule has 0 fully saturated rings. The van der Waals surface area contributed by atoms with Crippen molar-refractivity contribution in [1.29, 1.82) is 0 Å². The molecule has 3 aromatic rings. The molecule has 230 valence electrons. The second-order valence-corrected chi connectivity index (χ2v) is 10.2. The van der Waals surface area contributed by atoms with Gasteiger partial charge >= 0.3 is 18.0 Å². The molecule has 1 N–H and O–H groups in total. The molecule has 0 spiro atoms. The zero-order valence-electron chi connectivity index (χ0n) is 24.1. The van der Waals surface area contributed by atoms with Crippen LogP contribution < -0.4 is 14.8 Å². The second-order valence-electron chi connectivity index (χ2n) is 10.2. The van der Waals surface area contributed by atoms with Crippen molar-refractivity contribution in [2.45, 2.75) is 26.4 Å². The minimum atomic E-state index is -0.968. The maximum absolute atomic E-state index is 12.9. The SMILES string of the molecule is CN(CCNC(=O)c1ccc(OC(=O)c2ccc([N+](=O)[O-])cc2)c(OC(=O)c2ccc([N+](=O)[O-])cc2)c1)C(=O)OC(C)(C)C. The standard InChI is InChI=1S/C29H28N4O11/c1-29(2,3)44-28(37)31(4)16-15-30-25(34)20-9-14-23(42-26(35)18-5-10-21(11-6-18)32(38)39)24(17-20)43-27(36)19-7-12-22(13-8-19)33(40)41/h5-14,17H,15-16H2,1-4H3,(H,30,34). The Balaban J connectivity index is 1.80. The molecule has 0 unspecified atom stereocenters. The first kappa shape index (κ1) is 32.7. The topological polar surface area (TPSA) is 198 Å². The highest BCUT2D eigenvalue weighted by atomic mass is 16.6. The number of esters is 2. The van der Waals surface area contributed by atoms with E-state index < -0.39 is 39.4 Å². The quantitative estimate of drug-likeness (QED) is 0.147. The highest BCUT2D eigenvalue weighted by Gasteiger charge is 2.22. The van der Waals surface area contributed by atoms with Crippen LogP contribution in [-0.4, -0.2) is 64.4 Å². The van der Waals surface area contributed by atoms with Crippen molar-refractivity contribution in [2.24, 2.45) is 0 Å². The smallest absolute Gasteiger partial charge is 0.410 e. The summed E-state index contributed by atoms with van der Waals surface area (Å²) in [4.78, 5) is 72.4. The van der Waals surface area contributed by atoms with Gasteiger partial charge in [-0.3, -0.25) is 25.0 Å². The van der Waals surface area contributed by atoms with Gasteiger partial charge in [0, 0.05) is 50.0 Å². The molecule has 0 saturated heterocycles. The van der Waals surface area contributed by atoms with E-state index in [4.69, 9.17) is 14.2 Å². The molecule has 15 heteroatoms. The van der Waals surface area contributed by atoms with Gasteiger partial charge in [-0.25, -0.2) is 14.4 Å². The first-order valence-corrected chi connectivity index (χ1v) is 12.9.